The van der Waals surface area contributed by atoms with Gasteiger partial charge in [0, 0.05) is 33.4 Å². The van der Waals surface area contributed by atoms with E-state index in [0.717, 1.165) is 19.4 Å². The second kappa shape index (κ2) is 5.82. The molecule has 5 nitrogen and oxygen atoms in total. The molecule has 0 aromatic carbocycles. The summed E-state index contributed by atoms with van der Waals surface area (Å²) in [4.78, 5) is 18.1. The van der Waals surface area contributed by atoms with Crippen molar-refractivity contribution in [2.45, 2.75) is 18.9 Å². The zero-order valence-corrected chi connectivity index (χ0v) is 10.8. The molecule has 98 valence electrons. The van der Waals surface area contributed by atoms with Crippen LogP contribution in [0.4, 0.5) is 5.82 Å². The summed E-state index contributed by atoms with van der Waals surface area (Å²) in [6.45, 7) is 1.44. The number of hydrogen-bond donors (Lipinski definition) is 1. The fraction of sp³-hybridized carbons (Fsp3) is 0.538. The largest absolute Gasteiger partial charge is 0.376 e. The van der Waals surface area contributed by atoms with Crippen LogP contribution in [0.1, 0.15) is 23.2 Å². The number of carbonyl (C=O) groups excluding carboxylic acids is 1. The fourth-order valence-corrected chi connectivity index (χ4v) is 2.16. The third kappa shape index (κ3) is 2.79. The molecular formula is C13H19N3O2. The highest BCUT2D eigenvalue weighted by Gasteiger charge is 2.22. The first-order valence-electron chi connectivity index (χ1n) is 6.22. The molecule has 1 aromatic rings. The molecule has 5 heteroatoms. The first-order valence-corrected chi connectivity index (χ1v) is 6.22. The maximum atomic E-state index is 12.3. The zero-order chi connectivity index (χ0) is 13.0. The average Bonchev–Trinajstić information content (AvgIpc) is 2.90. The highest BCUT2D eigenvalue weighted by molar-refractivity contribution is 5.98. The first kappa shape index (κ1) is 12.8. The van der Waals surface area contributed by atoms with Crippen molar-refractivity contribution in [3.05, 3.63) is 23.9 Å². The quantitative estimate of drug-likeness (QED) is 0.875. The number of amides is 1. The maximum absolute atomic E-state index is 12.3. The Labute approximate surface area is 107 Å². The number of nitrogens with one attached hydrogen (secondary N) is 1. The van der Waals surface area contributed by atoms with Gasteiger partial charge >= 0.3 is 0 Å². The van der Waals surface area contributed by atoms with Gasteiger partial charge in [-0.2, -0.15) is 0 Å². The van der Waals surface area contributed by atoms with Crippen molar-refractivity contribution < 1.29 is 9.53 Å². The van der Waals surface area contributed by atoms with Crippen LogP contribution in [0.15, 0.2) is 18.3 Å². The number of pyridine rings is 1. The van der Waals surface area contributed by atoms with Crippen LogP contribution in [0, 0.1) is 0 Å². The molecule has 0 bridgehead atoms. The third-order valence-electron chi connectivity index (χ3n) is 3.12. The van der Waals surface area contributed by atoms with Gasteiger partial charge in [-0.3, -0.25) is 4.79 Å². The van der Waals surface area contributed by atoms with Gasteiger partial charge in [0.25, 0.3) is 5.91 Å². The standard InChI is InChI=1S/C13H19N3O2/c1-14-12-11(6-3-7-15-12)13(17)16(2)9-10-5-4-8-18-10/h3,6-7,10H,4-5,8-9H2,1-2H3,(H,14,15). The van der Waals surface area contributed by atoms with E-state index in [1.807, 2.05) is 0 Å². The van der Waals surface area contributed by atoms with E-state index in [-0.39, 0.29) is 12.0 Å². The van der Waals surface area contributed by atoms with Crippen LogP contribution in [0.5, 0.6) is 0 Å². The predicted octanol–water partition coefficient (Wildman–Crippen LogP) is 1.37. The summed E-state index contributed by atoms with van der Waals surface area (Å²) in [5, 5.41) is 2.94. The fourth-order valence-electron chi connectivity index (χ4n) is 2.16. The topological polar surface area (TPSA) is 54.5 Å². The highest BCUT2D eigenvalue weighted by Crippen LogP contribution is 2.16. The van der Waals surface area contributed by atoms with E-state index >= 15 is 0 Å². The van der Waals surface area contributed by atoms with Gasteiger partial charge in [0.05, 0.1) is 11.7 Å². The molecule has 1 saturated heterocycles. The summed E-state index contributed by atoms with van der Waals surface area (Å²) in [6.07, 6.45) is 3.96. The van der Waals surface area contributed by atoms with Gasteiger partial charge in [-0.1, -0.05) is 0 Å². The van der Waals surface area contributed by atoms with E-state index < -0.39 is 0 Å². The average molecular weight is 249 g/mol. The Kier molecular flexibility index (Phi) is 4.15. The Bertz CT molecular complexity index is 416. The molecule has 1 atom stereocenters. The van der Waals surface area contributed by atoms with Crippen molar-refractivity contribution in [3.8, 4) is 0 Å². The molecule has 0 saturated carbocycles. The molecule has 1 aliphatic rings. The summed E-state index contributed by atoms with van der Waals surface area (Å²) in [5.74, 6) is 0.588. The number of nitrogens with zero attached hydrogens (tertiary/aromatic N) is 2. The summed E-state index contributed by atoms with van der Waals surface area (Å²) in [7, 11) is 3.57. The van der Waals surface area contributed by atoms with Crippen molar-refractivity contribution in [1.29, 1.82) is 0 Å². The van der Waals surface area contributed by atoms with E-state index in [9.17, 15) is 4.79 Å². The van der Waals surface area contributed by atoms with Gasteiger partial charge in [0.2, 0.25) is 0 Å². The van der Waals surface area contributed by atoms with Gasteiger partial charge in [0.15, 0.2) is 0 Å². The predicted molar refractivity (Wildman–Crippen MR) is 69.7 cm³/mol. The van der Waals surface area contributed by atoms with Crippen LogP contribution in [0.2, 0.25) is 0 Å². The maximum Gasteiger partial charge on any atom is 0.257 e. The number of hydrogen-bond acceptors (Lipinski definition) is 4. The lowest BCUT2D eigenvalue weighted by Crippen LogP contribution is -2.34. The van der Waals surface area contributed by atoms with Gasteiger partial charge in [-0.25, -0.2) is 4.98 Å². The normalized spacial score (nSPS) is 18.7. The second-order valence-electron chi connectivity index (χ2n) is 4.47. The molecule has 1 aromatic heterocycles. The smallest absolute Gasteiger partial charge is 0.257 e. The second-order valence-corrected chi connectivity index (χ2v) is 4.47. The molecule has 1 fully saturated rings. The molecule has 0 radical (unpaired) electrons. The minimum Gasteiger partial charge on any atom is -0.376 e. The van der Waals surface area contributed by atoms with E-state index in [4.69, 9.17) is 4.74 Å². The van der Waals surface area contributed by atoms with Gasteiger partial charge < -0.3 is 15.0 Å². The van der Waals surface area contributed by atoms with Crippen molar-refractivity contribution in [3.63, 3.8) is 0 Å². The van der Waals surface area contributed by atoms with Crippen LogP contribution < -0.4 is 5.32 Å². The van der Waals surface area contributed by atoms with E-state index in [0.29, 0.717) is 17.9 Å². The Morgan fingerprint density at radius 1 is 1.67 bits per heavy atom. The number of ether oxygens (including phenoxy) is 1. The molecule has 1 unspecified atom stereocenters. The van der Waals surface area contributed by atoms with Crippen LogP contribution in [0.3, 0.4) is 0 Å². The Hall–Kier alpha value is -1.62. The zero-order valence-electron chi connectivity index (χ0n) is 10.8. The lowest BCUT2D eigenvalue weighted by Gasteiger charge is -2.21. The number of carbonyl (C=O) groups is 1. The lowest BCUT2D eigenvalue weighted by molar-refractivity contribution is 0.0587. The van der Waals surface area contributed by atoms with Gasteiger partial charge in [0.1, 0.15) is 5.82 Å². The molecule has 1 N–H and O–H groups in total. The van der Waals surface area contributed by atoms with Crippen molar-refractivity contribution in [2.24, 2.45) is 0 Å². The van der Waals surface area contributed by atoms with Crippen LogP contribution >= 0.6 is 0 Å². The lowest BCUT2D eigenvalue weighted by atomic mass is 10.2. The number of anilines is 1. The highest BCUT2D eigenvalue weighted by atomic mass is 16.5. The minimum absolute atomic E-state index is 0.0250. The van der Waals surface area contributed by atoms with Crippen LogP contribution in [-0.4, -0.2) is 49.1 Å². The summed E-state index contributed by atoms with van der Waals surface area (Å²) in [6, 6.07) is 3.56. The van der Waals surface area contributed by atoms with E-state index in [2.05, 4.69) is 10.3 Å². The molecule has 1 aliphatic heterocycles. The monoisotopic (exact) mass is 249 g/mol. The molecule has 0 spiro atoms. The Balaban J connectivity index is 2.05. The SMILES string of the molecule is CNc1ncccc1C(=O)N(C)CC1CCCO1. The Morgan fingerprint density at radius 2 is 2.50 bits per heavy atom. The Morgan fingerprint density at radius 3 is 3.17 bits per heavy atom. The molecular weight excluding hydrogens is 230 g/mol. The number of likely N-dealkylation sites (N-methyl/N-ethyl adjacent to an activating group) is 1. The summed E-state index contributed by atoms with van der Waals surface area (Å²) < 4.78 is 5.54. The van der Waals surface area contributed by atoms with E-state index in [1.165, 1.54) is 0 Å². The third-order valence-corrected chi connectivity index (χ3v) is 3.12. The number of aromatic nitrogens is 1. The molecule has 0 aliphatic carbocycles. The van der Waals surface area contributed by atoms with Gasteiger partial charge in [-0.05, 0) is 25.0 Å². The molecule has 2 heterocycles. The summed E-state index contributed by atoms with van der Waals surface area (Å²) in [5.41, 5.74) is 0.598. The molecule has 18 heavy (non-hydrogen) atoms. The molecule has 1 amide bonds. The minimum atomic E-state index is -0.0250. The summed E-state index contributed by atoms with van der Waals surface area (Å²) >= 11 is 0. The first-order chi connectivity index (χ1) is 8.72. The van der Waals surface area contributed by atoms with Gasteiger partial charge in [-0.15, -0.1) is 0 Å². The van der Waals surface area contributed by atoms with E-state index in [1.54, 1.807) is 37.3 Å². The van der Waals surface area contributed by atoms with Crippen molar-refractivity contribution in [1.82, 2.24) is 9.88 Å². The van der Waals surface area contributed by atoms with Crippen LogP contribution in [-0.2, 0) is 4.74 Å². The van der Waals surface area contributed by atoms with Crippen LogP contribution in [0.25, 0.3) is 0 Å². The van der Waals surface area contributed by atoms with Crippen molar-refractivity contribution >= 4 is 11.7 Å². The molecule has 2 rings (SSSR count). The van der Waals surface area contributed by atoms with Crippen molar-refractivity contribution in [2.75, 3.05) is 32.6 Å². The number of rotatable bonds is 4.